The van der Waals surface area contributed by atoms with Gasteiger partial charge in [-0.3, -0.25) is 4.79 Å². The molecule has 10 heteroatoms. The Kier molecular flexibility index (Phi) is 8.71. The summed E-state index contributed by atoms with van der Waals surface area (Å²) < 4.78 is 14.9. The maximum Gasteiger partial charge on any atom is 0.408 e. The van der Waals surface area contributed by atoms with Crippen LogP contribution >= 0.6 is 0 Å². The Morgan fingerprint density at radius 3 is 1.94 bits per heavy atom. The van der Waals surface area contributed by atoms with E-state index >= 15 is 0 Å². The SMILES string of the molecule is COC(=O)[C@@H](NC(=O)[C@@H](NC(=O)OCc1ccccc1)c1ccccc1)c1cc(O)c(OC)c(O)c1. The van der Waals surface area contributed by atoms with Crippen LogP contribution in [0.25, 0.3) is 0 Å². The van der Waals surface area contributed by atoms with Crippen molar-refractivity contribution < 1.29 is 38.8 Å². The standard InChI is InChI=1S/C26H26N2O8/c1-34-23-19(29)13-18(14-20(23)30)22(25(32)35-2)27-24(31)21(17-11-7-4-8-12-17)28-26(33)36-15-16-9-5-3-6-10-16/h3-14,21-22,29-30H,15H2,1-2H3,(H,27,31)(H,28,33)/t21-,22-/m0/s1. The minimum absolute atomic E-state index is 0.00894. The van der Waals surface area contributed by atoms with Crippen LogP contribution < -0.4 is 15.4 Å². The van der Waals surface area contributed by atoms with Crippen LogP contribution in [0.15, 0.2) is 72.8 Å². The molecule has 3 aromatic rings. The summed E-state index contributed by atoms with van der Waals surface area (Å²) in [5.74, 6) is -2.72. The lowest BCUT2D eigenvalue weighted by Crippen LogP contribution is -2.44. The number of ether oxygens (including phenoxy) is 3. The lowest BCUT2D eigenvalue weighted by atomic mass is 10.0. The van der Waals surface area contributed by atoms with Gasteiger partial charge in [-0.2, -0.15) is 0 Å². The normalized spacial score (nSPS) is 12.1. The molecule has 36 heavy (non-hydrogen) atoms. The molecular formula is C26H26N2O8. The maximum atomic E-state index is 13.3. The zero-order valence-corrected chi connectivity index (χ0v) is 19.6. The van der Waals surface area contributed by atoms with E-state index in [1.54, 1.807) is 54.6 Å². The molecule has 3 aromatic carbocycles. The summed E-state index contributed by atoms with van der Waals surface area (Å²) in [4.78, 5) is 38.4. The molecule has 3 rings (SSSR count). The van der Waals surface area contributed by atoms with E-state index in [-0.39, 0.29) is 17.9 Å². The predicted molar refractivity (Wildman–Crippen MR) is 128 cm³/mol. The minimum atomic E-state index is -1.42. The van der Waals surface area contributed by atoms with E-state index < -0.39 is 41.6 Å². The van der Waals surface area contributed by atoms with Crippen LogP contribution in [0.5, 0.6) is 17.2 Å². The van der Waals surface area contributed by atoms with Gasteiger partial charge in [0.25, 0.3) is 0 Å². The van der Waals surface area contributed by atoms with Crippen LogP contribution in [-0.4, -0.2) is 42.4 Å². The number of nitrogens with one attached hydrogen (secondary N) is 2. The molecule has 0 unspecified atom stereocenters. The molecule has 10 nitrogen and oxygen atoms in total. The van der Waals surface area contributed by atoms with E-state index in [9.17, 15) is 24.6 Å². The quantitative estimate of drug-likeness (QED) is 0.332. The summed E-state index contributed by atoms with van der Waals surface area (Å²) in [6, 6.07) is 17.0. The molecule has 0 heterocycles. The number of carbonyl (C=O) groups excluding carboxylic acids is 3. The molecular weight excluding hydrogens is 468 g/mol. The summed E-state index contributed by atoms with van der Waals surface area (Å²) in [6.07, 6.45) is -0.850. The molecule has 0 saturated heterocycles. The lowest BCUT2D eigenvalue weighted by molar-refractivity contribution is -0.145. The average molecular weight is 495 g/mol. The summed E-state index contributed by atoms with van der Waals surface area (Å²) in [6.45, 7) is -0.00894. The molecule has 0 aliphatic heterocycles. The summed E-state index contributed by atoms with van der Waals surface area (Å²) in [5.41, 5.74) is 1.22. The number of phenolic OH excluding ortho intramolecular Hbond substituents is 2. The van der Waals surface area contributed by atoms with Gasteiger partial charge in [-0.05, 0) is 28.8 Å². The molecule has 188 valence electrons. The number of phenols is 2. The highest BCUT2D eigenvalue weighted by Gasteiger charge is 2.31. The fourth-order valence-electron chi connectivity index (χ4n) is 3.45. The second-order valence-electron chi connectivity index (χ2n) is 7.61. The van der Waals surface area contributed by atoms with E-state index in [0.717, 1.165) is 24.8 Å². The number of aromatic hydroxyl groups is 2. The highest BCUT2D eigenvalue weighted by atomic mass is 16.5. The molecule has 0 aliphatic carbocycles. The van der Waals surface area contributed by atoms with E-state index in [1.165, 1.54) is 7.11 Å². The highest BCUT2D eigenvalue weighted by Crippen LogP contribution is 2.38. The first kappa shape index (κ1) is 25.9. The largest absolute Gasteiger partial charge is 0.504 e. The Balaban J connectivity index is 1.84. The molecule has 0 saturated carbocycles. The highest BCUT2D eigenvalue weighted by molar-refractivity contribution is 5.91. The molecule has 2 amide bonds. The average Bonchev–Trinajstić information content (AvgIpc) is 2.89. The van der Waals surface area contributed by atoms with Crippen LogP contribution in [0.2, 0.25) is 0 Å². The van der Waals surface area contributed by atoms with Crippen molar-refractivity contribution in [2.24, 2.45) is 0 Å². The first-order chi connectivity index (χ1) is 17.3. The number of alkyl carbamates (subject to hydrolysis) is 1. The molecule has 0 aliphatic rings. The van der Waals surface area contributed by atoms with Crippen molar-refractivity contribution in [3.05, 3.63) is 89.5 Å². The Morgan fingerprint density at radius 2 is 1.39 bits per heavy atom. The van der Waals surface area contributed by atoms with Gasteiger partial charge in [0.15, 0.2) is 17.5 Å². The minimum Gasteiger partial charge on any atom is -0.504 e. The Morgan fingerprint density at radius 1 is 0.806 bits per heavy atom. The number of hydrogen-bond acceptors (Lipinski definition) is 8. The lowest BCUT2D eigenvalue weighted by Gasteiger charge is -2.23. The number of benzene rings is 3. The third-order valence-electron chi connectivity index (χ3n) is 5.20. The van der Waals surface area contributed by atoms with Crippen molar-refractivity contribution in [2.75, 3.05) is 14.2 Å². The summed E-state index contributed by atoms with van der Waals surface area (Å²) in [7, 11) is 2.37. The number of carbonyl (C=O) groups is 3. The van der Waals surface area contributed by atoms with Gasteiger partial charge >= 0.3 is 12.1 Å². The number of esters is 1. The number of amides is 2. The monoisotopic (exact) mass is 494 g/mol. The molecule has 0 aromatic heterocycles. The number of methoxy groups -OCH3 is 2. The molecule has 4 N–H and O–H groups in total. The third-order valence-corrected chi connectivity index (χ3v) is 5.20. The number of hydrogen-bond donors (Lipinski definition) is 4. The number of rotatable bonds is 9. The van der Waals surface area contributed by atoms with E-state index in [4.69, 9.17) is 14.2 Å². The summed E-state index contributed by atoms with van der Waals surface area (Å²) in [5, 5.41) is 25.3. The van der Waals surface area contributed by atoms with Crippen molar-refractivity contribution in [3.8, 4) is 17.2 Å². The zero-order chi connectivity index (χ0) is 26.1. The van der Waals surface area contributed by atoms with Crippen molar-refractivity contribution in [3.63, 3.8) is 0 Å². The van der Waals surface area contributed by atoms with Crippen molar-refractivity contribution in [1.29, 1.82) is 0 Å². The topological polar surface area (TPSA) is 143 Å². The molecule has 0 radical (unpaired) electrons. The van der Waals surface area contributed by atoms with Gasteiger partial charge in [0.05, 0.1) is 14.2 Å². The fourth-order valence-corrected chi connectivity index (χ4v) is 3.45. The van der Waals surface area contributed by atoms with Crippen molar-refractivity contribution >= 4 is 18.0 Å². The smallest absolute Gasteiger partial charge is 0.408 e. The van der Waals surface area contributed by atoms with E-state index in [1.807, 2.05) is 6.07 Å². The van der Waals surface area contributed by atoms with Gasteiger partial charge in [-0.1, -0.05) is 60.7 Å². The molecule has 0 bridgehead atoms. The Labute approximate surface area is 207 Å². The van der Waals surface area contributed by atoms with Crippen LogP contribution in [0, 0.1) is 0 Å². The second kappa shape index (κ2) is 12.1. The summed E-state index contributed by atoms with van der Waals surface area (Å²) >= 11 is 0. The first-order valence-corrected chi connectivity index (χ1v) is 10.8. The van der Waals surface area contributed by atoms with Gasteiger partial charge < -0.3 is 35.1 Å². The van der Waals surface area contributed by atoms with Crippen LogP contribution in [0.4, 0.5) is 4.79 Å². The Hall–Kier alpha value is -4.73. The van der Waals surface area contributed by atoms with Crippen molar-refractivity contribution in [1.82, 2.24) is 10.6 Å². The van der Waals surface area contributed by atoms with Gasteiger partial charge in [-0.25, -0.2) is 9.59 Å². The predicted octanol–water partition coefficient (Wildman–Crippen LogP) is 3.10. The van der Waals surface area contributed by atoms with Crippen LogP contribution in [-0.2, 0) is 25.7 Å². The van der Waals surface area contributed by atoms with E-state index in [0.29, 0.717) is 5.56 Å². The van der Waals surface area contributed by atoms with Crippen LogP contribution in [0.1, 0.15) is 28.8 Å². The van der Waals surface area contributed by atoms with Crippen molar-refractivity contribution in [2.45, 2.75) is 18.7 Å². The van der Waals surface area contributed by atoms with Gasteiger partial charge in [0, 0.05) is 0 Å². The molecule has 2 atom stereocenters. The molecule has 0 spiro atoms. The van der Waals surface area contributed by atoms with Gasteiger partial charge in [0.2, 0.25) is 11.7 Å². The first-order valence-electron chi connectivity index (χ1n) is 10.8. The molecule has 0 fully saturated rings. The van der Waals surface area contributed by atoms with Crippen LogP contribution in [0.3, 0.4) is 0 Å². The maximum absolute atomic E-state index is 13.3. The second-order valence-corrected chi connectivity index (χ2v) is 7.61. The Bertz CT molecular complexity index is 1180. The third kappa shape index (κ3) is 6.44. The van der Waals surface area contributed by atoms with E-state index in [2.05, 4.69) is 10.6 Å². The fraction of sp³-hybridized carbons (Fsp3) is 0.192. The zero-order valence-electron chi connectivity index (χ0n) is 19.6. The van der Waals surface area contributed by atoms with Gasteiger partial charge in [0.1, 0.15) is 12.6 Å². The van der Waals surface area contributed by atoms with Gasteiger partial charge in [-0.15, -0.1) is 0 Å².